The minimum atomic E-state index is -0.221. The van der Waals surface area contributed by atoms with Crippen LogP contribution in [0.3, 0.4) is 0 Å². The Morgan fingerprint density at radius 3 is 2.33 bits per heavy atom. The second kappa shape index (κ2) is 10.8. The van der Waals surface area contributed by atoms with Gasteiger partial charge in [0.05, 0.1) is 6.26 Å². The highest BCUT2D eigenvalue weighted by Gasteiger charge is 2.60. The molecule has 0 spiro atoms. The van der Waals surface area contributed by atoms with Gasteiger partial charge in [-0.05, 0) is 97.7 Å². The molecule has 6 unspecified atom stereocenters. The maximum Gasteiger partial charge on any atom is 0.220 e. The second-order valence-corrected chi connectivity index (χ2v) is 12.4. The molecule has 0 aromatic rings. The van der Waals surface area contributed by atoms with Gasteiger partial charge in [0, 0.05) is 11.0 Å². The summed E-state index contributed by atoms with van der Waals surface area (Å²) in [6.45, 7) is 17.8. The standard InChI is InChI=1S/C27H36O2.C4H8O.C2H6/c1-16-8-10-25(3)12-13-27(5)19(21(25)14-16)9-11-26(4)20-15-22(28)24(29)17(2)18(20)6-7-23(26)27;1-2-3-4-5;1-2/h6-7,15-16,19,21,29H,8-14H2,1-5H3;3-5H,2H2,1H3;1-2H3/b;4-3+;. The summed E-state index contributed by atoms with van der Waals surface area (Å²) in [6, 6.07) is 0. The van der Waals surface area contributed by atoms with Crippen LogP contribution < -0.4 is 0 Å². The van der Waals surface area contributed by atoms with Crippen LogP contribution in [0.4, 0.5) is 0 Å². The maximum absolute atomic E-state index is 12.5. The molecule has 0 aromatic carbocycles. The third-order valence-electron chi connectivity index (χ3n) is 10.4. The first-order valence-corrected chi connectivity index (χ1v) is 14.4. The minimum Gasteiger partial charge on any atom is -0.516 e. The Hall–Kier alpha value is -2.03. The third kappa shape index (κ3) is 4.56. The zero-order valence-corrected chi connectivity index (χ0v) is 24.1. The highest BCUT2D eigenvalue weighted by atomic mass is 16.3. The van der Waals surface area contributed by atoms with Crippen molar-refractivity contribution in [1.29, 1.82) is 0 Å². The Bertz CT molecular complexity index is 1010. The second-order valence-electron chi connectivity index (χ2n) is 12.4. The van der Waals surface area contributed by atoms with E-state index in [4.69, 9.17) is 5.11 Å². The molecule has 36 heavy (non-hydrogen) atoms. The van der Waals surface area contributed by atoms with Gasteiger partial charge >= 0.3 is 0 Å². The summed E-state index contributed by atoms with van der Waals surface area (Å²) in [7, 11) is 0. The number of rotatable bonds is 1. The highest BCUT2D eigenvalue weighted by Crippen LogP contribution is 2.69. The summed E-state index contributed by atoms with van der Waals surface area (Å²) in [4.78, 5) is 12.5. The van der Waals surface area contributed by atoms with E-state index in [-0.39, 0.29) is 22.4 Å². The van der Waals surface area contributed by atoms with Crippen LogP contribution in [0.2, 0.25) is 0 Å². The zero-order valence-electron chi connectivity index (χ0n) is 24.1. The van der Waals surface area contributed by atoms with Crippen molar-refractivity contribution < 1.29 is 15.0 Å². The van der Waals surface area contributed by atoms with Crippen LogP contribution in [0.15, 0.2) is 58.6 Å². The number of fused-ring (bicyclic) bond motifs is 7. The van der Waals surface area contributed by atoms with E-state index in [0.29, 0.717) is 5.41 Å². The normalized spacial score (nSPS) is 39.1. The van der Waals surface area contributed by atoms with E-state index in [0.717, 1.165) is 53.6 Å². The van der Waals surface area contributed by atoms with Gasteiger partial charge in [-0.15, -0.1) is 0 Å². The van der Waals surface area contributed by atoms with Gasteiger partial charge in [0.1, 0.15) is 0 Å². The summed E-state index contributed by atoms with van der Waals surface area (Å²) < 4.78 is 0. The quantitative estimate of drug-likeness (QED) is 0.357. The summed E-state index contributed by atoms with van der Waals surface area (Å²) in [5, 5.41) is 18.1. The Balaban J connectivity index is 0.000000463. The lowest BCUT2D eigenvalue weighted by atomic mass is 9.40. The van der Waals surface area contributed by atoms with Gasteiger partial charge in [0.2, 0.25) is 5.78 Å². The van der Waals surface area contributed by atoms with Crippen LogP contribution in [0.5, 0.6) is 0 Å². The van der Waals surface area contributed by atoms with Crippen LogP contribution in [-0.4, -0.2) is 16.0 Å². The predicted octanol–water partition coefficient (Wildman–Crippen LogP) is 9.35. The minimum absolute atomic E-state index is 0.0787. The van der Waals surface area contributed by atoms with Crippen LogP contribution in [0.1, 0.15) is 107 Å². The Labute approximate surface area is 220 Å². The monoisotopic (exact) mass is 494 g/mol. The molecule has 6 atom stereocenters. The van der Waals surface area contributed by atoms with E-state index >= 15 is 0 Å². The molecule has 2 N–H and O–H groups in total. The van der Waals surface area contributed by atoms with Gasteiger partial charge in [-0.25, -0.2) is 0 Å². The molecule has 0 saturated heterocycles. The number of carbonyl (C=O) groups excluding carboxylic acids is 1. The zero-order chi connectivity index (χ0) is 26.9. The van der Waals surface area contributed by atoms with E-state index in [2.05, 4.69) is 39.8 Å². The van der Waals surface area contributed by atoms with Crippen LogP contribution in [-0.2, 0) is 4.79 Å². The lowest BCUT2D eigenvalue weighted by Gasteiger charge is -2.64. The molecule has 5 aliphatic carbocycles. The van der Waals surface area contributed by atoms with Crippen molar-refractivity contribution in [2.75, 3.05) is 0 Å². The van der Waals surface area contributed by atoms with Gasteiger partial charge in [-0.2, -0.15) is 0 Å². The molecule has 5 rings (SSSR count). The van der Waals surface area contributed by atoms with Crippen molar-refractivity contribution in [1.82, 2.24) is 0 Å². The van der Waals surface area contributed by atoms with Crippen molar-refractivity contribution in [3.8, 4) is 0 Å². The molecule has 0 heterocycles. The van der Waals surface area contributed by atoms with Crippen molar-refractivity contribution >= 4 is 5.78 Å². The highest BCUT2D eigenvalue weighted by molar-refractivity contribution is 6.06. The summed E-state index contributed by atoms with van der Waals surface area (Å²) in [6.07, 6.45) is 19.1. The van der Waals surface area contributed by atoms with E-state index < -0.39 is 0 Å². The molecule has 5 aliphatic rings. The molecule has 200 valence electrons. The molecule has 3 fully saturated rings. The fraction of sp³-hybridized carbons (Fsp3) is 0.667. The van der Waals surface area contributed by atoms with Gasteiger partial charge in [0.15, 0.2) is 5.76 Å². The fourth-order valence-corrected chi connectivity index (χ4v) is 8.18. The molecule has 0 bridgehead atoms. The molecular weight excluding hydrogens is 444 g/mol. The lowest BCUT2D eigenvalue weighted by molar-refractivity contribution is -0.114. The average Bonchev–Trinajstić information content (AvgIpc) is 2.86. The summed E-state index contributed by atoms with van der Waals surface area (Å²) >= 11 is 0. The van der Waals surface area contributed by atoms with Gasteiger partial charge in [-0.1, -0.05) is 78.7 Å². The Morgan fingerprint density at radius 1 is 1.03 bits per heavy atom. The predicted molar refractivity (Wildman–Crippen MR) is 151 cm³/mol. The topological polar surface area (TPSA) is 57.5 Å². The maximum atomic E-state index is 12.5. The number of allylic oxidation sites excluding steroid dienone is 8. The van der Waals surface area contributed by atoms with Crippen LogP contribution in [0, 0.1) is 34.0 Å². The number of hydrogen-bond donors (Lipinski definition) is 2. The molecule has 3 heteroatoms. The van der Waals surface area contributed by atoms with Gasteiger partial charge in [-0.3, -0.25) is 4.79 Å². The van der Waals surface area contributed by atoms with E-state index in [9.17, 15) is 9.90 Å². The van der Waals surface area contributed by atoms with E-state index in [1.807, 2.05) is 27.7 Å². The molecule has 0 aliphatic heterocycles. The lowest BCUT2D eigenvalue weighted by Crippen LogP contribution is -2.55. The van der Waals surface area contributed by atoms with E-state index in [1.165, 1.54) is 38.5 Å². The number of hydrogen-bond acceptors (Lipinski definition) is 3. The van der Waals surface area contributed by atoms with Gasteiger partial charge in [0.25, 0.3) is 0 Å². The molecular formula is C33H50O3. The summed E-state index contributed by atoms with van der Waals surface area (Å²) in [5.41, 5.74) is 5.18. The molecule has 0 aromatic heterocycles. The Kier molecular flexibility index (Phi) is 8.53. The van der Waals surface area contributed by atoms with Crippen LogP contribution in [0.25, 0.3) is 0 Å². The van der Waals surface area contributed by atoms with Crippen LogP contribution >= 0.6 is 0 Å². The fourth-order valence-electron chi connectivity index (χ4n) is 8.18. The molecule has 0 amide bonds. The smallest absolute Gasteiger partial charge is 0.220 e. The van der Waals surface area contributed by atoms with Crippen molar-refractivity contribution in [3.05, 3.63) is 58.6 Å². The number of aliphatic hydroxyl groups is 2. The number of aliphatic hydroxyl groups excluding tert-OH is 2. The first-order valence-electron chi connectivity index (χ1n) is 14.4. The van der Waals surface area contributed by atoms with Crippen molar-refractivity contribution in [3.63, 3.8) is 0 Å². The van der Waals surface area contributed by atoms with E-state index in [1.54, 1.807) is 17.7 Å². The first-order chi connectivity index (χ1) is 17.0. The average molecular weight is 495 g/mol. The largest absolute Gasteiger partial charge is 0.516 e. The Morgan fingerprint density at radius 2 is 1.72 bits per heavy atom. The molecule has 0 radical (unpaired) electrons. The number of ketones is 1. The van der Waals surface area contributed by atoms with Crippen molar-refractivity contribution in [2.45, 2.75) is 107 Å². The number of carbonyl (C=O) groups is 1. The first kappa shape index (κ1) is 28.5. The van der Waals surface area contributed by atoms with Crippen molar-refractivity contribution in [2.24, 2.45) is 34.0 Å². The molecule has 3 nitrogen and oxygen atoms in total. The van der Waals surface area contributed by atoms with Gasteiger partial charge < -0.3 is 10.2 Å². The third-order valence-corrected chi connectivity index (χ3v) is 10.4. The SMILES string of the molecule is CC.CC/C=C/O.CC1=C(O)C(=O)C=C2C1=CC=C1C2(C)CCC2C3CC(C)CCC3(C)CCC12C. The molecule has 3 saturated carbocycles. The summed E-state index contributed by atoms with van der Waals surface area (Å²) in [5.74, 6) is 2.13.